The number of hydrogen-bond donors (Lipinski definition) is 1. The topological polar surface area (TPSA) is 110 Å². The van der Waals surface area contributed by atoms with E-state index in [2.05, 4.69) is 15.5 Å². The van der Waals surface area contributed by atoms with Crippen LogP contribution < -0.4 is 10.1 Å². The summed E-state index contributed by atoms with van der Waals surface area (Å²) in [5.41, 5.74) is 1.86. The van der Waals surface area contributed by atoms with Crippen LogP contribution in [-0.2, 0) is 9.59 Å². The van der Waals surface area contributed by atoms with Crippen molar-refractivity contribution in [2.75, 3.05) is 37.0 Å². The maximum absolute atomic E-state index is 13.2. The van der Waals surface area contributed by atoms with Gasteiger partial charge in [0.15, 0.2) is 5.69 Å². The number of aryl methyl sites for hydroxylation is 1. The molecule has 36 heavy (non-hydrogen) atoms. The van der Waals surface area contributed by atoms with Crippen LogP contribution in [0.15, 0.2) is 48.5 Å². The number of thioether (sulfide) groups is 1. The first-order valence-electron chi connectivity index (χ1n) is 11.2. The molecule has 2 aromatic carbocycles. The standard InChI is InChI=1S/C24H25ClN6O4S/c1-16-23(28-31(27-16)18-7-4-3-5-8-18)24(34)30-12-6-11-29(30)22(33)15-36-14-21(32)26-19-13-17(25)9-10-20(19)35-2/h3-5,7-10,13H,6,11-12,14-15H2,1-2H3,(H,26,32). The van der Waals surface area contributed by atoms with Gasteiger partial charge >= 0.3 is 0 Å². The number of amides is 3. The number of para-hydroxylation sites is 1. The molecule has 0 saturated carbocycles. The molecule has 1 fully saturated rings. The van der Waals surface area contributed by atoms with Gasteiger partial charge in [0, 0.05) is 18.1 Å². The van der Waals surface area contributed by atoms with Crippen molar-refractivity contribution >= 4 is 46.8 Å². The minimum Gasteiger partial charge on any atom is -0.495 e. The third-order valence-corrected chi connectivity index (χ3v) is 6.57. The summed E-state index contributed by atoms with van der Waals surface area (Å²) in [5.74, 6) is -0.355. The molecular formula is C24H25ClN6O4S. The number of rotatable bonds is 8. The molecule has 3 amide bonds. The van der Waals surface area contributed by atoms with E-state index in [1.165, 1.54) is 21.9 Å². The number of anilines is 1. The number of benzene rings is 2. The van der Waals surface area contributed by atoms with Crippen molar-refractivity contribution in [3.63, 3.8) is 0 Å². The number of methoxy groups -OCH3 is 1. The van der Waals surface area contributed by atoms with Crippen molar-refractivity contribution in [2.24, 2.45) is 0 Å². The number of carbonyl (C=O) groups excluding carboxylic acids is 3. The van der Waals surface area contributed by atoms with E-state index in [0.29, 0.717) is 41.7 Å². The fourth-order valence-corrected chi connectivity index (χ4v) is 4.58. The lowest BCUT2D eigenvalue weighted by atomic mass is 10.3. The lowest BCUT2D eigenvalue weighted by molar-refractivity contribution is -0.137. The number of nitrogens with zero attached hydrogens (tertiary/aromatic N) is 5. The second-order valence-electron chi connectivity index (χ2n) is 7.94. The van der Waals surface area contributed by atoms with Crippen LogP contribution in [0.3, 0.4) is 0 Å². The first kappa shape index (κ1) is 25.5. The van der Waals surface area contributed by atoms with Crippen molar-refractivity contribution in [1.82, 2.24) is 25.0 Å². The van der Waals surface area contributed by atoms with Crippen LogP contribution in [0.2, 0.25) is 5.02 Å². The second-order valence-corrected chi connectivity index (χ2v) is 9.37. The van der Waals surface area contributed by atoms with Gasteiger partial charge in [-0.05, 0) is 43.7 Å². The molecular weight excluding hydrogens is 504 g/mol. The van der Waals surface area contributed by atoms with Crippen LogP contribution in [-0.4, -0.2) is 74.4 Å². The molecule has 1 aliphatic rings. The molecule has 0 bridgehead atoms. The fraction of sp³-hybridized carbons (Fsp3) is 0.292. The predicted octanol–water partition coefficient (Wildman–Crippen LogP) is 3.20. The average molecular weight is 529 g/mol. The van der Waals surface area contributed by atoms with Crippen LogP contribution in [0.1, 0.15) is 22.6 Å². The number of hydrazine groups is 1. The van der Waals surface area contributed by atoms with Crippen molar-refractivity contribution in [2.45, 2.75) is 13.3 Å². The fourth-order valence-electron chi connectivity index (χ4n) is 3.73. The van der Waals surface area contributed by atoms with E-state index < -0.39 is 0 Å². The summed E-state index contributed by atoms with van der Waals surface area (Å²) in [4.78, 5) is 39.9. The quantitative estimate of drug-likeness (QED) is 0.478. The molecule has 2 heterocycles. The maximum atomic E-state index is 13.2. The Morgan fingerprint density at radius 1 is 1.06 bits per heavy atom. The third-order valence-electron chi connectivity index (χ3n) is 5.42. The number of carbonyl (C=O) groups is 3. The summed E-state index contributed by atoms with van der Waals surface area (Å²) in [7, 11) is 1.50. The number of nitrogens with one attached hydrogen (secondary N) is 1. The lowest BCUT2D eigenvalue weighted by Crippen LogP contribution is -2.46. The lowest BCUT2D eigenvalue weighted by Gasteiger charge is -2.27. The van der Waals surface area contributed by atoms with E-state index in [-0.39, 0.29) is 34.9 Å². The van der Waals surface area contributed by atoms with E-state index in [9.17, 15) is 14.4 Å². The molecule has 10 nitrogen and oxygen atoms in total. The number of ether oxygens (including phenoxy) is 1. The molecule has 0 unspecified atom stereocenters. The highest BCUT2D eigenvalue weighted by Crippen LogP contribution is 2.28. The van der Waals surface area contributed by atoms with Gasteiger partial charge in [0.25, 0.3) is 11.8 Å². The third kappa shape index (κ3) is 5.80. The molecule has 188 valence electrons. The number of halogens is 1. The van der Waals surface area contributed by atoms with E-state index in [1.807, 2.05) is 30.3 Å². The summed E-state index contributed by atoms with van der Waals surface area (Å²) in [6.45, 7) is 2.54. The molecule has 1 saturated heterocycles. The summed E-state index contributed by atoms with van der Waals surface area (Å²) < 4.78 is 5.23. The maximum Gasteiger partial charge on any atom is 0.294 e. The Labute approximate surface area is 217 Å². The van der Waals surface area contributed by atoms with Crippen molar-refractivity contribution < 1.29 is 19.1 Å². The van der Waals surface area contributed by atoms with Gasteiger partial charge in [-0.2, -0.15) is 9.90 Å². The predicted molar refractivity (Wildman–Crippen MR) is 137 cm³/mol. The summed E-state index contributed by atoms with van der Waals surface area (Å²) in [6, 6.07) is 14.2. The molecule has 0 aliphatic carbocycles. The highest BCUT2D eigenvalue weighted by Gasteiger charge is 2.33. The largest absolute Gasteiger partial charge is 0.495 e. The van der Waals surface area contributed by atoms with Crippen LogP contribution in [0.5, 0.6) is 5.75 Å². The molecule has 0 atom stereocenters. The Kier molecular flexibility index (Phi) is 8.11. The molecule has 12 heteroatoms. The Balaban J connectivity index is 1.34. The zero-order valence-electron chi connectivity index (χ0n) is 19.8. The molecule has 0 radical (unpaired) electrons. The van der Waals surface area contributed by atoms with Gasteiger partial charge in [0.2, 0.25) is 5.91 Å². The van der Waals surface area contributed by atoms with E-state index >= 15 is 0 Å². The first-order chi connectivity index (χ1) is 17.4. The van der Waals surface area contributed by atoms with Crippen molar-refractivity contribution in [3.05, 3.63) is 64.9 Å². The van der Waals surface area contributed by atoms with E-state index in [4.69, 9.17) is 16.3 Å². The summed E-state index contributed by atoms with van der Waals surface area (Å²) in [5, 5.41) is 14.8. The van der Waals surface area contributed by atoms with E-state index in [0.717, 1.165) is 17.4 Å². The zero-order chi connectivity index (χ0) is 25.7. The molecule has 0 spiro atoms. The van der Waals surface area contributed by atoms with Crippen LogP contribution in [0.25, 0.3) is 5.69 Å². The Morgan fingerprint density at radius 3 is 2.56 bits per heavy atom. The smallest absolute Gasteiger partial charge is 0.294 e. The Hall–Kier alpha value is -3.57. The van der Waals surface area contributed by atoms with Gasteiger partial charge in [-0.15, -0.1) is 16.9 Å². The summed E-state index contributed by atoms with van der Waals surface area (Å²) in [6.07, 6.45) is 0.656. The zero-order valence-corrected chi connectivity index (χ0v) is 21.4. The highest BCUT2D eigenvalue weighted by atomic mass is 35.5. The van der Waals surface area contributed by atoms with Crippen molar-refractivity contribution in [1.29, 1.82) is 0 Å². The number of hydrogen-bond acceptors (Lipinski definition) is 7. The van der Waals surface area contributed by atoms with Crippen molar-refractivity contribution in [3.8, 4) is 11.4 Å². The monoisotopic (exact) mass is 528 g/mol. The normalized spacial score (nSPS) is 13.1. The molecule has 1 aliphatic heterocycles. The SMILES string of the molecule is COc1ccc(Cl)cc1NC(=O)CSCC(=O)N1CCCN1C(=O)c1nn(-c2ccccc2)nc1C. The van der Waals surface area contributed by atoms with Gasteiger partial charge in [0.05, 0.1) is 35.7 Å². The van der Waals surface area contributed by atoms with E-state index in [1.54, 1.807) is 25.1 Å². The Morgan fingerprint density at radius 2 is 1.81 bits per heavy atom. The molecule has 3 aromatic rings. The average Bonchev–Trinajstić information content (AvgIpc) is 3.51. The Bertz CT molecular complexity index is 1270. The van der Waals surface area contributed by atoms with Gasteiger partial charge in [0.1, 0.15) is 5.75 Å². The number of aromatic nitrogens is 3. The second kappa shape index (κ2) is 11.4. The van der Waals surface area contributed by atoms with Crippen LogP contribution >= 0.6 is 23.4 Å². The summed E-state index contributed by atoms with van der Waals surface area (Å²) >= 11 is 7.16. The van der Waals surface area contributed by atoms with Crippen LogP contribution in [0.4, 0.5) is 5.69 Å². The minimum atomic E-state index is -0.378. The first-order valence-corrected chi connectivity index (χ1v) is 12.7. The van der Waals surface area contributed by atoms with Crippen LogP contribution in [0, 0.1) is 6.92 Å². The van der Waals surface area contributed by atoms with Gasteiger partial charge in [-0.1, -0.05) is 29.8 Å². The van der Waals surface area contributed by atoms with Gasteiger partial charge in [-0.3, -0.25) is 19.4 Å². The van der Waals surface area contributed by atoms with Gasteiger partial charge in [-0.25, -0.2) is 5.01 Å². The minimum absolute atomic E-state index is 0.0412. The highest BCUT2D eigenvalue weighted by molar-refractivity contribution is 8.00. The molecule has 4 rings (SSSR count). The molecule has 1 N–H and O–H groups in total. The van der Waals surface area contributed by atoms with Gasteiger partial charge < -0.3 is 10.1 Å². The molecule has 1 aromatic heterocycles.